The summed E-state index contributed by atoms with van der Waals surface area (Å²) in [6, 6.07) is 19.2. The Morgan fingerprint density at radius 2 is 1.91 bits per heavy atom. The molecule has 1 aliphatic heterocycles. The highest BCUT2D eigenvalue weighted by Gasteiger charge is 2.31. The van der Waals surface area contributed by atoms with Gasteiger partial charge in [0.1, 0.15) is 34.6 Å². The number of nitrogens with zero attached hydrogens (tertiary/aromatic N) is 1. The van der Waals surface area contributed by atoms with Gasteiger partial charge in [0, 0.05) is 16.7 Å². The van der Waals surface area contributed by atoms with Gasteiger partial charge in [-0.25, -0.2) is 4.79 Å². The Labute approximate surface area is 212 Å². The number of esters is 1. The normalized spacial score (nSPS) is 14.4. The van der Waals surface area contributed by atoms with Crippen LogP contribution in [-0.2, 0) is 4.79 Å². The summed E-state index contributed by atoms with van der Waals surface area (Å²) in [6.07, 6.45) is 0. The van der Waals surface area contributed by atoms with Crippen molar-refractivity contribution < 1.29 is 23.7 Å². The molecule has 4 rings (SSSR count). The number of rotatable bonds is 7. The molecule has 0 aromatic heterocycles. The predicted octanol–water partition coefficient (Wildman–Crippen LogP) is 5.59. The minimum absolute atomic E-state index is 0.0176. The molecule has 35 heavy (non-hydrogen) atoms. The maximum Gasteiger partial charge on any atom is 0.349 e. The minimum atomic E-state index is -0.644. The van der Waals surface area contributed by atoms with Gasteiger partial charge in [-0.05, 0) is 48.9 Å². The van der Waals surface area contributed by atoms with Crippen molar-refractivity contribution in [3.05, 3.63) is 93.3 Å². The van der Waals surface area contributed by atoms with E-state index in [9.17, 15) is 10.1 Å². The molecule has 0 radical (unpaired) electrons. The van der Waals surface area contributed by atoms with Crippen LogP contribution in [0.5, 0.6) is 23.0 Å². The first kappa shape index (κ1) is 24.3. The van der Waals surface area contributed by atoms with Crippen LogP contribution >= 0.6 is 23.2 Å². The highest BCUT2D eigenvalue weighted by atomic mass is 35.5. The number of ether oxygens (including phenoxy) is 4. The van der Waals surface area contributed by atoms with Crippen molar-refractivity contribution >= 4 is 29.2 Å². The van der Waals surface area contributed by atoms with Gasteiger partial charge in [-0.3, -0.25) is 0 Å². The number of hydrogen-bond donors (Lipinski definition) is 1. The summed E-state index contributed by atoms with van der Waals surface area (Å²) < 4.78 is 22.1. The Hall–Kier alpha value is -3.86. The lowest BCUT2D eigenvalue weighted by Crippen LogP contribution is -2.21. The largest absolute Gasteiger partial charge is 0.494 e. The van der Waals surface area contributed by atoms with E-state index in [1.807, 2.05) is 31.2 Å². The van der Waals surface area contributed by atoms with E-state index in [0.29, 0.717) is 34.4 Å². The fourth-order valence-corrected chi connectivity index (χ4v) is 4.15. The second-order valence-corrected chi connectivity index (χ2v) is 8.31. The first-order chi connectivity index (χ1) is 16.9. The zero-order chi connectivity index (χ0) is 24.9. The first-order valence-corrected chi connectivity index (χ1v) is 11.4. The molecule has 3 aromatic carbocycles. The van der Waals surface area contributed by atoms with Gasteiger partial charge in [0.25, 0.3) is 0 Å². The van der Waals surface area contributed by atoms with Gasteiger partial charge in [0.15, 0.2) is 6.61 Å². The quantitative estimate of drug-likeness (QED) is 0.326. The molecule has 0 saturated carbocycles. The van der Waals surface area contributed by atoms with Gasteiger partial charge < -0.3 is 24.7 Å². The topological polar surface area (TPSA) is 104 Å². The number of nitrogens with two attached hydrogens (primary N) is 1. The van der Waals surface area contributed by atoms with Gasteiger partial charge in [0.2, 0.25) is 5.88 Å². The molecule has 0 bridgehead atoms. The summed E-state index contributed by atoms with van der Waals surface area (Å²) >= 11 is 11.9. The number of hydrogen-bond acceptors (Lipinski definition) is 7. The van der Waals surface area contributed by atoms with Gasteiger partial charge in [-0.2, -0.15) is 5.26 Å². The fourth-order valence-electron chi connectivity index (χ4n) is 3.68. The van der Waals surface area contributed by atoms with Crippen molar-refractivity contribution in [1.82, 2.24) is 0 Å². The third-order valence-corrected chi connectivity index (χ3v) is 5.69. The zero-order valence-corrected chi connectivity index (χ0v) is 20.1. The lowest BCUT2D eigenvalue weighted by Gasteiger charge is -2.27. The summed E-state index contributed by atoms with van der Waals surface area (Å²) in [5.74, 6) is 0.463. The molecule has 0 fully saturated rings. The Kier molecular flexibility index (Phi) is 7.35. The van der Waals surface area contributed by atoms with Crippen molar-refractivity contribution in [2.45, 2.75) is 12.8 Å². The van der Waals surface area contributed by atoms with Crippen LogP contribution in [0.3, 0.4) is 0 Å². The molecular weight excluding hydrogens is 491 g/mol. The van der Waals surface area contributed by atoms with Crippen molar-refractivity contribution in [2.24, 2.45) is 5.73 Å². The van der Waals surface area contributed by atoms with Gasteiger partial charge in [-0.15, -0.1) is 0 Å². The van der Waals surface area contributed by atoms with Crippen molar-refractivity contribution in [2.75, 3.05) is 13.2 Å². The summed E-state index contributed by atoms with van der Waals surface area (Å²) in [5, 5.41) is 10.5. The third-order valence-electron chi connectivity index (χ3n) is 5.16. The van der Waals surface area contributed by atoms with Crippen LogP contribution in [0.15, 0.2) is 72.1 Å². The van der Waals surface area contributed by atoms with E-state index in [4.69, 9.17) is 47.9 Å². The van der Waals surface area contributed by atoms with Gasteiger partial charge in [-0.1, -0.05) is 41.4 Å². The van der Waals surface area contributed by atoms with Gasteiger partial charge >= 0.3 is 5.97 Å². The van der Waals surface area contributed by atoms with Crippen LogP contribution in [0, 0.1) is 11.3 Å². The Morgan fingerprint density at radius 1 is 1.09 bits per heavy atom. The van der Waals surface area contributed by atoms with E-state index in [1.165, 1.54) is 6.07 Å². The predicted molar refractivity (Wildman–Crippen MR) is 131 cm³/mol. The number of halogens is 2. The molecule has 0 saturated heterocycles. The van der Waals surface area contributed by atoms with E-state index in [0.717, 1.165) is 5.56 Å². The molecule has 0 aliphatic carbocycles. The number of fused-ring (bicyclic) bond motifs is 1. The van der Waals surface area contributed by atoms with Crippen LogP contribution < -0.4 is 24.7 Å². The second kappa shape index (κ2) is 10.6. The van der Waals surface area contributed by atoms with E-state index in [1.54, 1.807) is 30.3 Å². The monoisotopic (exact) mass is 510 g/mol. The summed E-state index contributed by atoms with van der Waals surface area (Å²) in [6.45, 7) is 2.04. The molecular formula is C26H20Cl2N2O5. The highest BCUT2D eigenvalue weighted by Crippen LogP contribution is 2.44. The van der Waals surface area contributed by atoms with Crippen molar-refractivity contribution in [1.29, 1.82) is 5.26 Å². The van der Waals surface area contributed by atoms with Gasteiger partial charge in [0.05, 0.1) is 17.5 Å². The first-order valence-electron chi connectivity index (χ1n) is 10.6. The second-order valence-electron chi connectivity index (χ2n) is 7.47. The van der Waals surface area contributed by atoms with E-state index >= 15 is 0 Å². The Bertz CT molecular complexity index is 1350. The fraction of sp³-hybridized carbons (Fsp3) is 0.154. The molecule has 1 atom stereocenters. The molecule has 0 spiro atoms. The Morgan fingerprint density at radius 3 is 2.66 bits per heavy atom. The third kappa shape index (κ3) is 5.46. The summed E-state index contributed by atoms with van der Waals surface area (Å²) in [5.41, 5.74) is 7.87. The maximum absolute atomic E-state index is 12.3. The smallest absolute Gasteiger partial charge is 0.349 e. The number of nitriles is 1. The molecule has 1 unspecified atom stereocenters. The summed E-state index contributed by atoms with van der Waals surface area (Å²) in [4.78, 5) is 12.3. The molecule has 9 heteroatoms. The number of carbonyl (C=O) groups is 1. The molecule has 7 nitrogen and oxygen atoms in total. The van der Waals surface area contributed by atoms with E-state index in [-0.39, 0.29) is 28.8 Å². The Balaban J connectivity index is 1.55. The number of carbonyl (C=O) groups excluding carboxylic acids is 1. The van der Waals surface area contributed by atoms with Crippen molar-refractivity contribution in [3.63, 3.8) is 0 Å². The summed E-state index contributed by atoms with van der Waals surface area (Å²) in [7, 11) is 0. The lowest BCUT2D eigenvalue weighted by atomic mass is 9.83. The number of benzene rings is 3. The van der Waals surface area contributed by atoms with Crippen LogP contribution in [0.4, 0.5) is 0 Å². The molecule has 0 amide bonds. The highest BCUT2D eigenvalue weighted by molar-refractivity contribution is 6.35. The molecule has 3 aromatic rings. The van der Waals surface area contributed by atoms with E-state index in [2.05, 4.69) is 6.07 Å². The SMILES string of the molecule is CCOc1cccc(C2C(C#N)=C(N)Oc3cc(OC(=O)COc4ccc(Cl)cc4Cl)ccc32)c1. The average molecular weight is 511 g/mol. The van der Waals surface area contributed by atoms with Crippen molar-refractivity contribution in [3.8, 4) is 29.1 Å². The average Bonchev–Trinajstić information content (AvgIpc) is 2.83. The molecule has 1 aliphatic rings. The molecule has 178 valence electrons. The van der Waals surface area contributed by atoms with E-state index < -0.39 is 11.9 Å². The lowest BCUT2D eigenvalue weighted by molar-refractivity contribution is -0.136. The number of allylic oxidation sites excluding steroid dienone is 1. The molecule has 2 N–H and O–H groups in total. The van der Waals surface area contributed by atoms with Crippen LogP contribution in [0.2, 0.25) is 10.0 Å². The zero-order valence-electron chi connectivity index (χ0n) is 18.6. The minimum Gasteiger partial charge on any atom is -0.494 e. The van der Waals surface area contributed by atoms with Crippen LogP contribution in [-0.4, -0.2) is 19.2 Å². The molecule has 1 heterocycles. The van der Waals surface area contributed by atoms with Crippen LogP contribution in [0.25, 0.3) is 0 Å². The maximum atomic E-state index is 12.3. The van der Waals surface area contributed by atoms with Crippen LogP contribution in [0.1, 0.15) is 24.0 Å². The standard InChI is InChI=1S/C26H20Cl2N2O5/c1-2-32-17-5-3-4-15(10-17)25-19-8-7-18(12-23(19)35-26(30)20(25)13-29)34-24(31)14-33-22-9-6-16(27)11-21(22)28/h3-12,25H,2,14,30H2,1H3.